The van der Waals surface area contributed by atoms with Gasteiger partial charge >= 0.3 is 6.18 Å². The Morgan fingerprint density at radius 1 is 1.14 bits per heavy atom. The summed E-state index contributed by atoms with van der Waals surface area (Å²) in [6.07, 6.45) is -1.84. The van der Waals surface area contributed by atoms with Gasteiger partial charge in [0.05, 0.1) is 33.3 Å². The standard InChI is InChI=1S/C33H39F3N6O6S2/c1-5-18-14-32(18,29(45)41-50(46,47)22-10-11-22)40-27(43)24-13-21(48-30-39-23-8-6-7-9-25(23)49-30)17-42(24)28(44)26(31(2,3)4)38-20-12-19(15-37-16-20)33(34,35)36/h6-9,12,15-16,18,21-22,24,26,38H,5,10-11,13-14,17H2,1-4H3,(H,40,43)(H,41,45)/t18-,21-,24+,26?,32-/m1/s1. The number of anilines is 1. The number of carbonyl (C=O) groups is 3. The maximum atomic E-state index is 14.5. The van der Waals surface area contributed by atoms with Crippen molar-refractivity contribution >= 4 is 55.0 Å². The molecule has 3 heterocycles. The van der Waals surface area contributed by atoms with E-state index in [-0.39, 0.29) is 31.0 Å². The van der Waals surface area contributed by atoms with Crippen LogP contribution in [0, 0.1) is 11.3 Å². The number of likely N-dealkylation sites (tertiary alicyclic amines) is 1. The quantitative estimate of drug-likeness (QED) is 0.258. The number of ether oxygens (including phenoxy) is 1. The maximum absolute atomic E-state index is 14.5. The largest absolute Gasteiger partial charge is 0.465 e. The smallest absolute Gasteiger partial charge is 0.417 e. The SMILES string of the molecule is CC[C@@H]1C[C@]1(NC(=O)[C@@H]1C[C@@H](Oc2nc3ccccc3s2)CN1C(=O)C(Nc1cncc(C(F)(F)F)c1)C(C)(C)C)C(=O)NS(=O)(=O)C1CC1. The molecule has 2 aromatic heterocycles. The fourth-order valence-corrected chi connectivity index (χ4v) is 8.61. The number of nitrogens with one attached hydrogen (secondary N) is 3. The topological polar surface area (TPSA) is 160 Å². The predicted molar refractivity (Wildman–Crippen MR) is 180 cm³/mol. The van der Waals surface area contributed by atoms with Crippen LogP contribution in [0.15, 0.2) is 42.7 Å². The van der Waals surface area contributed by atoms with Crippen LogP contribution >= 0.6 is 11.3 Å². The summed E-state index contributed by atoms with van der Waals surface area (Å²) < 4.78 is 75.0. The average Bonchev–Trinajstić information content (AvgIpc) is 3.94. The van der Waals surface area contributed by atoms with E-state index in [2.05, 4.69) is 25.3 Å². The number of benzene rings is 1. The Morgan fingerprint density at radius 3 is 2.48 bits per heavy atom. The second-order valence-electron chi connectivity index (χ2n) is 14.3. The van der Waals surface area contributed by atoms with Crippen LogP contribution in [0.5, 0.6) is 5.19 Å². The van der Waals surface area contributed by atoms with E-state index in [1.165, 1.54) is 22.4 Å². The van der Waals surface area contributed by atoms with Crippen LogP contribution in [0.2, 0.25) is 0 Å². The van der Waals surface area contributed by atoms with E-state index in [1.54, 1.807) is 20.8 Å². The van der Waals surface area contributed by atoms with Crippen molar-refractivity contribution in [2.24, 2.45) is 11.3 Å². The van der Waals surface area contributed by atoms with E-state index in [0.29, 0.717) is 36.2 Å². The Kier molecular flexibility index (Phi) is 9.29. The van der Waals surface area contributed by atoms with Gasteiger partial charge in [-0.1, -0.05) is 57.6 Å². The maximum Gasteiger partial charge on any atom is 0.417 e. The first-order valence-corrected chi connectivity index (χ1v) is 18.8. The van der Waals surface area contributed by atoms with Gasteiger partial charge in [-0.2, -0.15) is 13.2 Å². The highest BCUT2D eigenvalue weighted by atomic mass is 32.2. The van der Waals surface area contributed by atoms with Crippen molar-refractivity contribution in [2.45, 2.75) is 95.0 Å². The molecule has 0 radical (unpaired) electrons. The lowest BCUT2D eigenvalue weighted by atomic mass is 9.85. The van der Waals surface area contributed by atoms with Crippen molar-refractivity contribution in [2.75, 3.05) is 11.9 Å². The predicted octanol–water partition coefficient (Wildman–Crippen LogP) is 4.48. The second kappa shape index (κ2) is 13.0. The number of aromatic nitrogens is 2. The fourth-order valence-electron chi connectivity index (χ4n) is 6.37. The number of nitrogens with zero attached hydrogens (tertiary/aromatic N) is 3. The summed E-state index contributed by atoms with van der Waals surface area (Å²) in [5.74, 6) is -2.38. The molecule has 2 saturated carbocycles. The molecular formula is C33H39F3N6O6S2. The highest BCUT2D eigenvalue weighted by molar-refractivity contribution is 7.91. The van der Waals surface area contributed by atoms with Crippen molar-refractivity contribution in [3.63, 3.8) is 0 Å². The summed E-state index contributed by atoms with van der Waals surface area (Å²) in [5.41, 5.74) is -2.65. The van der Waals surface area contributed by atoms with Crippen molar-refractivity contribution < 1.29 is 40.7 Å². The number of alkyl halides is 3. The Hall–Kier alpha value is -3.99. The molecule has 5 atom stereocenters. The van der Waals surface area contributed by atoms with Gasteiger partial charge in [-0.05, 0) is 48.8 Å². The first kappa shape index (κ1) is 35.8. The minimum absolute atomic E-state index is 0.0182. The minimum atomic E-state index is -4.66. The van der Waals surface area contributed by atoms with Crippen LogP contribution in [0.25, 0.3) is 10.2 Å². The number of hydrogen-bond donors (Lipinski definition) is 3. The molecule has 0 spiro atoms. The van der Waals surface area contributed by atoms with E-state index in [9.17, 15) is 36.0 Å². The number of pyridine rings is 1. The Labute approximate surface area is 291 Å². The van der Waals surface area contributed by atoms with Crippen LogP contribution in [-0.2, 0) is 30.6 Å². The van der Waals surface area contributed by atoms with Gasteiger partial charge in [0.15, 0.2) is 0 Å². The molecule has 17 heteroatoms. The van der Waals surface area contributed by atoms with Crippen LogP contribution in [-0.4, -0.2) is 76.5 Å². The fraction of sp³-hybridized carbons (Fsp3) is 0.545. The molecule has 3 amide bonds. The number of para-hydroxylation sites is 1. The normalized spacial score (nSPS) is 24.5. The summed E-state index contributed by atoms with van der Waals surface area (Å²) in [6.45, 7) is 6.98. The third-order valence-corrected chi connectivity index (χ3v) is 12.2. The molecule has 3 fully saturated rings. The third-order valence-electron chi connectivity index (χ3n) is 9.43. The van der Waals surface area contributed by atoms with Gasteiger partial charge in [0, 0.05) is 18.8 Å². The summed E-state index contributed by atoms with van der Waals surface area (Å²) in [7, 11) is -3.89. The second-order valence-corrected chi connectivity index (χ2v) is 17.2. The van der Waals surface area contributed by atoms with Gasteiger partial charge in [-0.15, -0.1) is 0 Å². The van der Waals surface area contributed by atoms with E-state index < -0.39 is 73.9 Å². The number of thiazole rings is 1. The number of amides is 3. The molecule has 1 saturated heterocycles. The van der Waals surface area contributed by atoms with E-state index >= 15 is 0 Å². The van der Waals surface area contributed by atoms with Crippen molar-refractivity contribution in [3.8, 4) is 5.19 Å². The van der Waals surface area contributed by atoms with Gasteiger partial charge in [0.25, 0.3) is 11.1 Å². The van der Waals surface area contributed by atoms with Crippen molar-refractivity contribution in [1.29, 1.82) is 0 Å². The highest BCUT2D eigenvalue weighted by Gasteiger charge is 2.62. The number of carbonyl (C=O) groups excluding carboxylic acids is 3. The first-order valence-electron chi connectivity index (χ1n) is 16.4. The lowest BCUT2D eigenvalue weighted by Crippen LogP contribution is -2.58. The molecule has 2 aliphatic carbocycles. The molecular weight excluding hydrogens is 698 g/mol. The van der Waals surface area contributed by atoms with Crippen LogP contribution in [0.1, 0.15) is 65.4 Å². The zero-order valence-corrected chi connectivity index (χ0v) is 29.5. The number of rotatable bonds is 11. The summed E-state index contributed by atoms with van der Waals surface area (Å²) in [4.78, 5) is 51.6. The lowest BCUT2D eigenvalue weighted by molar-refractivity contribution is -0.141. The Bertz CT molecular complexity index is 1880. The molecule has 12 nitrogen and oxygen atoms in total. The number of halogens is 3. The molecule has 1 unspecified atom stereocenters. The van der Waals surface area contributed by atoms with Crippen LogP contribution in [0.3, 0.4) is 0 Å². The molecule has 3 N–H and O–H groups in total. The minimum Gasteiger partial charge on any atom is -0.465 e. The molecule has 0 bridgehead atoms. The molecule has 3 aliphatic rings. The third kappa shape index (κ3) is 7.38. The highest BCUT2D eigenvalue weighted by Crippen LogP contribution is 2.47. The van der Waals surface area contributed by atoms with Crippen molar-refractivity contribution in [1.82, 2.24) is 24.9 Å². The molecule has 270 valence electrons. The summed E-state index contributed by atoms with van der Waals surface area (Å²) in [5, 5.41) is 5.41. The Balaban J connectivity index is 1.28. The van der Waals surface area contributed by atoms with E-state index in [1.807, 2.05) is 31.2 Å². The average molecular weight is 737 g/mol. The monoisotopic (exact) mass is 736 g/mol. The van der Waals surface area contributed by atoms with Gasteiger partial charge < -0.3 is 20.3 Å². The molecule has 3 aromatic rings. The van der Waals surface area contributed by atoms with Gasteiger partial charge in [-0.25, -0.2) is 13.4 Å². The first-order chi connectivity index (χ1) is 23.4. The molecule has 6 rings (SSSR count). The Morgan fingerprint density at radius 2 is 1.86 bits per heavy atom. The zero-order chi connectivity index (χ0) is 36.2. The number of sulfonamides is 1. The lowest BCUT2D eigenvalue weighted by Gasteiger charge is -2.36. The number of fused-ring (bicyclic) bond motifs is 1. The van der Waals surface area contributed by atoms with E-state index in [4.69, 9.17) is 4.74 Å². The summed E-state index contributed by atoms with van der Waals surface area (Å²) >= 11 is 1.30. The van der Waals surface area contributed by atoms with Gasteiger partial charge in [0.2, 0.25) is 21.8 Å². The zero-order valence-electron chi connectivity index (χ0n) is 27.9. The van der Waals surface area contributed by atoms with Crippen molar-refractivity contribution in [3.05, 3.63) is 48.3 Å². The van der Waals surface area contributed by atoms with Crippen LogP contribution in [0.4, 0.5) is 18.9 Å². The van der Waals surface area contributed by atoms with Gasteiger partial charge in [-0.3, -0.25) is 24.1 Å². The molecule has 1 aliphatic heterocycles. The molecule has 1 aromatic carbocycles. The number of hydrogen-bond acceptors (Lipinski definition) is 10. The van der Waals surface area contributed by atoms with Crippen LogP contribution < -0.4 is 20.1 Å². The van der Waals surface area contributed by atoms with Gasteiger partial charge in [0.1, 0.15) is 23.7 Å². The summed E-state index contributed by atoms with van der Waals surface area (Å²) in [6, 6.07) is 6.01. The van der Waals surface area contributed by atoms with E-state index in [0.717, 1.165) is 10.8 Å². The molecule has 50 heavy (non-hydrogen) atoms.